The number of carbonyl (C=O) groups is 3. The van der Waals surface area contributed by atoms with E-state index in [1.807, 2.05) is 25.1 Å². The number of hydrogen-bond donors (Lipinski definition) is 2. The first kappa shape index (κ1) is 21.4. The van der Waals surface area contributed by atoms with E-state index in [4.69, 9.17) is 4.42 Å². The average molecular weight is 405 g/mol. The van der Waals surface area contributed by atoms with Crippen LogP contribution in [0.1, 0.15) is 51.8 Å². The molecule has 2 aliphatic rings. The minimum absolute atomic E-state index is 0.0408. The highest BCUT2D eigenvalue weighted by molar-refractivity contribution is 6.09. The van der Waals surface area contributed by atoms with Gasteiger partial charge in [0.25, 0.3) is 5.91 Å². The van der Waals surface area contributed by atoms with Crippen LogP contribution in [0.3, 0.4) is 0 Å². The minimum Gasteiger partial charge on any atom is -0.468 e. The molecule has 160 valence electrons. The van der Waals surface area contributed by atoms with Gasteiger partial charge < -0.3 is 15.1 Å². The molecule has 1 aromatic rings. The van der Waals surface area contributed by atoms with Crippen LogP contribution in [0.4, 0.5) is 4.79 Å². The topological polar surface area (TPSA) is 94.9 Å². The van der Waals surface area contributed by atoms with Gasteiger partial charge >= 0.3 is 6.03 Å². The fraction of sp³-hybridized carbons (Fsp3) is 0.667. The van der Waals surface area contributed by atoms with Gasteiger partial charge in [-0.15, -0.1) is 0 Å². The summed E-state index contributed by atoms with van der Waals surface area (Å²) in [6.45, 7) is 6.38. The lowest BCUT2D eigenvalue weighted by Gasteiger charge is -2.43. The van der Waals surface area contributed by atoms with Gasteiger partial charge in [-0.2, -0.15) is 0 Å². The summed E-state index contributed by atoms with van der Waals surface area (Å²) >= 11 is 0. The largest absolute Gasteiger partial charge is 0.468 e. The smallest absolute Gasteiger partial charge is 0.325 e. The number of imide groups is 1. The summed E-state index contributed by atoms with van der Waals surface area (Å²) in [5.74, 6) is 0.410. The van der Waals surface area contributed by atoms with Crippen LogP contribution in [0.2, 0.25) is 0 Å². The third kappa shape index (κ3) is 4.47. The predicted octanol–water partition coefficient (Wildman–Crippen LogP) is 2.14. The van der Waals surface area contributed by atoms with Gasteiger partial charge in [0, 0.05) is 6.54 Å². The molecule has 2 N–H and O–H groups in total. The van der Waals surface area contributed by atoms with Crippen molar-refractivity contribution < 1.29 is 18.8 Å². The van der Waals surface area contributed by atoms with Crippen molar-refractivity contribution in [2.75, 3.05) is 27.2 Å². The highest BCUT2D eigenvalue weighted by Crippen LogP contribution is 2.46. The quantitative estimate of drug-likeness (QED) is 0.709. The second kappa shape index (κ2) is 7.82. The molecule has 0 aromatic carbocycles. The number of furan rings is 1. The Morgan fingerprint density at radius 2 is 2.10 bits per heavy atom. The summed E-state index contributed by atoms with van der Waals surface area (Å²) < 4.78 is 5.44. The van der Waals surface area contributed by atoms with E-state index < -0.39 is 11.6 Å². The molecule has 1 aliphatic heterocycles. The molecule has 2 fully saturated rings. The molecule has 3 atom stereocenters. The third-order valence-corrected chi connectivity index (χ3v) is 5.91. The highest BCUT2D eigenvalue weighted by Gasteiger charge is 2.56. The van der Waals surface area contributed by atoms with Crippen LogP contribution in [0.25, 0.3) is 0 Å². The number of amides is 4. The number of nitrogens with zero attached hydrogens (tertiary/aromatic N) is 2. The summed E-state index contributed by atoms with van der Waals surface area (Å²) in [6, 6.07) is 3.03. The number of likely N-dealkylation sites (N-methyl/N-ethyl adjacent to an activating group) is 1. The summed E-state index contributed by atoms with van der Waals surface area (Å²) in [4.78, 5) is 41.2. The number of nitrogens with one attached hydrogen (secondary N) is 2. The lowest BCUT2D eigenvalue weighted by molar-refractivity contribution is -0.137. The molecule has 0 unspecified atom stereocenters. The molecule has 1 aliphatic carbocycles. The summed E-state index contributed by atoms with van der Waals surface area (Å²) in [5, 5.41) is 5.72. The highest BCUT2D eigenvalue weighted by atomic mass is 16.3. The van der Waals surface area contributed by atoms with Gasteiger partial charge in [0.15, 0.2) is 0 Å². The lowest BCUT2D eigenvalue weighted by atomic mass is 9.64. The second-order valence-corrected chi connectivity index (χ2v) is 9.56. The van der Waals surface area contributed by atoms with Crippen LogP contribution < -0.4 is 10.6 Å². The van der Waals surface area contributed by atoms with Gasteiger partial charge in [-0.05, 0) is 56.8 Å². The Morgan fingerprint density at radius 1 is 1.38 bits per heavy atom. The van der Waals surface area contributed by atoms with Gasteiger partial charge in [-0.3, -0.25) is 19.4 Å². The molecular formula is C21H32N4O4. The van der Waals surface area contributed by atoms with Crippen molar-refractivity contribution in [3.63, 3.8) is 0 Å². The number of hydrogen-bond acceptors (Lipinski definition) is 5. The van der Waals surface area contributed by atoms with Crippen molar-refractivity contribution in [2.24, 2.45) is 11.3 Å². The van der Waals surface area contributed by atoms with Crippen molar-refractivity contribution >= 4 is 17.8 Å². The average Bonchev–Trinajstić information content (AvgIpc) is 3.17. The Bertz CT molecular complexity index is 774. The Labute approximate surface area is 172 Å². The molecule has 8 heteroatoms. The van der Waals surface area contributed by atoms with E-state index in [1.54, 1.807) is 12.3 Å². The maximum atomic E-state index is 13.1. The second-order valence-electron chi connectivity index (χ2n) is 9.56. The van der Waals surface area contributed by atoms with Gasteiger partial charge in [0.2, 0.25) is 5.91 Å². The molecule has 0 radical (unpaired) electrons. The van der Waals surface area contributed by atoms with Crippen molar-refractivity contribution in [3.8, 4) is 0 Å². The summed E-state index contributed by atoms with van der Waals surface area (Å²) in [7, 11) is 3.79. The molecule has 1 saturated heterocycles. The fourth-order valence-electron chi connectivity index (χ4n) is 5.08. The summed E-state index contributed by atoms with van der Waals surface area (Å²) in [5.41, 5.74) is -0.931. The maximum absolute atomic E-state index is 13.1. The zero-order valence-electron chi connectivity index (χ0n) is 17.9. The SMILES string of the molecule is C[C@H]1CC(C)(C)C[C@@]2(C1)NC(=O)N(CC(=O)NC[C@@H](c1ccco1)N(C)C)C2=O. The Morgan fingerprint density at radius 3 is 2.69 bits per heavy atom. The number of urea groups is 1. The van der Waals surface area contributed by atoms with Gasteiger partial charge in [-0.25, -0.2) is 4.79 Å². The normalized spacial score (nSPS) is 27.4. The summed E-state index contributed by atoms with van der Waals surface area (Å²) in [6.07, 6.45) is 3.80. The predicted molar refractivity (Wildman–Crippen MR) is 108 cm³/mol. The van der Waals surface area contributed by atoms with Crippen molar-refractivity contribution in [2.45, 2.75) is 51.6 Å². The molecule has 29 heavy (non-hydrogen) atoms. The van der Waals surface area contributed by atoms with Gasteiger partial charge in [0.05, 0.1) is 12.3 Å². The van der Waals surface area contributed by atoms with Crippen molar-refractivity contribution in [1.82, 2.24) is 20.4 Å². The van der Waals surface area contributed by atoms with Crippen LogP contribution >= 0.6 is 0 Å². The first-order valence-electron chi connectivity index (χ1n) is 10.1. The van der Waals surface area contributed by atoms with E-state index in [2.05, 4.69) is 31.4 Å². The molecular weight excluding hydrogens is 372 g/mol. The van der Waals surface area contributed by atoms with Crippen LogP contribution in [0.5, 0.6) is 0 Å². The Balaban J connectivity index is 1.63. The van der Waals surface area contributed by atoms with E-state index in [1.165, 1.54) is 0 Å². The van der Waals surface area contributed by atoms with Gasteiger partial charge in [0.1, 0.15) is 17.8 Å². The molecule has 2 heterocycles. The first-order valence-corrected chi connectivity index (χ1v) is 10.1. The zero-order chi connectivity index (χ0) is 21.4. The zero-order valence-corrected chi connectivity index (χ0v) is 17.9. The molecule has 1 spiro atoms. The Hall–Kier alpha value is -2.35. The molecule has 0 bridgehead atoms. The molecule has 3 rings (SSSR count). The van der Waals surface area contributed by atoms with E-state index in [0.29, 0.717) is 25.3 Å². The van der Waals surface area contributed by atoms with E-state index in [-0.39, 0.29) is 29.8 Å². The molecule has 4 amide bonds. The van der Waals surface area contributed by atoms with E-state index >= 15 is 0 Å². The van der Waals surface area contributed by atoms with Crippen LogP contribution in [0, 0.1) is 11.3 Å². The van der Waals surface area contributed by atoms with E-state index in [9.17, 15) is 14.4 Å². The van der Waals surface area contributed by atoms with Crippen LogP contribution in [0.15, 0.2) is 22.8 Å². The third-order valence-electron chi connectivity index (χ3n) is 5.91. The van der Waals surface area contributed by atoms with Crippen LogP contribution in [-0.2, 0) is 9.59 Å². The number of rotatable bonds is 6. The van der Waals surface area contributed by atoms with Crippen molar-refractivity contribution in [1.29, 1.82) is 0 Å². The first-order chi connectivity index (χ1) is 13.5. The fourth-order valence-corrected chi connectivity index (χ4v) is 5.08. The Kier molecular flexibility index (Phi) is 5.76. The molecule has 1 aromatic heterocycles. The monoisotopic (exact) mass is 404 g/mol. The molecule has 1 saturated carbocycles. The maximum Gasteiger partial charge on any atom is 0.325 e. The minimum atomic E-state index is -0.890. The standard InChI is InChI=1S/C21H32N4O4/c1-14-9-20(2,3)13-21(10-14)18(27)25(19(28)23-21)12-17(26)22-11-15(24(4)5)16-7-6-8-29-16/h6-8,14-15H,9-13H2,1-5H3,(H,22,26)(H,23,28)/t14-,15-,21+/m0/s1. The van der Waals surface area contributed by atoms with Crippen LogP contribution in [-0.4, -0.2) is 60.4 Å². The molecule has 8 nitrogen and oxygen atoms in total. The van der Waals surface area contributed by atoms with Crippen molar-refractivity contribution in [3.05, 3.63) is 24.2 Å². The number of carbonyl (C=O) groups excluding carboxylic acids is 3. The lowest BCUT2D eigenvalue weighted by Crippen LogP contribution is -2.54. The van der Waals surface area contributed by atoms with Gasteiger partial charge in [-0.1, -0.05) is 20.8 Å². The van der Waals surface area contributed by atoms with E-state index in [0.717, 1.165) is 17.1 Å².